The lowest BCUT2D eigenvalue weighted by atomic mass is 10.2. The molecule has 0 aliphatic carbocycles. The van der Waals surface area contributed by atoms with Gasteiger partial charge in [0.05, 0.1) is 6.04 Å². The highest BCUT2D eigenvalue weighted by molar-refractivity contribution is 5.77. The van der Waals surface area contributed by atoms with Crippen LogP contribution in [0, 0.1) is 0 Å². The van der Waals surface area contributed by atoms with E-state index in [4.69, 9.17) is 10.5 Å². The minimum Gasteiger partial charge on any atom is -0.384 e. The number of carbonyl (C=O) groups is 1. The first-order valence-electron chi connectivity index (χ1n) is 6.59. The molecule has 0 bridgehead atoms. The van der Waals surface area contributed by atoms with E-state index in [1.807, 2.05) is 4.90 Å². The number of piperazine rings is 1. The molecule has 1 aromatic heterocycles. The molecule has 0 spiro atoms. The van der Waals surface area contributed by atoms with Crippen molar-refractivity contribution >= 4 is 17.7 Å². The van der Waals surface area contributed by atoms with Gasteiger partial charge in [-0.05, 0) is 0 Å². The van der Waals surface area contributed by atoms with Crippen LogP contribution in [0.15, 0.2) is 6.07 Å². The fraction of sp³-hybridized carbons (Fsp3) is 0.583. The Kier molecular flexibility index (Phi) is 3.31. The Morgan fingerprint density at radius 3 is 3.15 bits per heavy atom. The predicted molar refractivity (Wildman–Crippen MR) is 73.3 cm³/mol. The van der Waals surface area contributed by atoms with Crippen LogP contribution >= 0.6 is 0 Å². The lowest BCUT2D eigenvalue weighted by Crippen LogP contribution is -2.52. The SMILES string of the molecule is COCc1nc(N)cc(N2CCN3C(=O)NCC3C2)n1. The summed E-state index contributed by atoms with van der Waals surface area (Å²) in [4.78, 5) is 24.2. The Hall–Kier alpha value is -2.09. The van der Waals surface area contributed by atoms with Crippen LogP contribution in [0.5, 0.6) is 0 Å². The third-order valence-electron chi connectivity index (χ3n) is 3.61. The predicted octanol–water partition coefficient (Wildman–Crippen LogP) is -0.581. The molecule has 2 aliphatic rings. The maximum Gasteiger partial charge on any atom is 0.317 e. The summed E-state index contributed by atoms with van der Waals surface area (Å²) in [6.07, 6.45) is 0. The van der Waals surface area contributed by atoms with E-state index in [0.717, 1.165) is 18.9 Å². The molecule has 0 aromatic carbocycles. The molecule has 8 nitrogen and oxygen atoms in total. The Labute approximate surface area is 116 Å². The van der Waals surface area contributed by atoms with Crippen LogP contribution in [-0.2, 0) is 11.3 Å². The van der Waals surface area contributed by atoms with Crippen LogP contribution in [0.4, 0.5) is 16.4 Å². The monoisotopic (exact) mass is 278 g/mol. The molecule has 8 heteroatoms. The Bertz CT molecular complexity index is 523. The van der Waals surface area contributed by atoms with Crippen molar-refractivity contribution in [2.45, 2.75) is 12.6 Å². The maximum absolute atomic E-state index is 11.6. The number of carbonyl (C=O) groups excluding carboxylic acids is 1. The number of ether oxygens (including phenoxy) is 1. The normalized spacial score (nSPS) is 21.9. The molecule has 2 fully saturated rings. The highest BCUT2D eigenvalue weighted by atomic mass is 16.5. The van der Waals surface area contributed by atoms with E-state index in [-0.39, 0.29) is 12.1 Å². The van der Waals surface area contributed by atoms with Gasteiger partial charge < -0.3 is 25.6 Å². The van der Waals surface area contributed by atoms with Crippen LogP contribution in [0.1, 0.15) is 5.82 Å². The smallest absolute Gasteiger partial charge is 0.317 e. The third kappa shape index (κ3) is 2.34. The molecule has 2 aliphatic heterocycles. The average molecular weight is 278 g/mol. The first-order valence-corrected chi connectivity index (χ1v) is 6.59. The van der Waals surface area contributed by atoms with E-state index in [1.165, 1.54) is 0 Å². The summed E-state index contributed by atoms with van der Waals surface area (Å²) >= 11 is 0. The van der Waals surface area contributed by atoms with Gasteiger partial charge in [-0.1, -0.05) is 0 Å². The van der Waals surface area contributed by atoms with Crippen LogP contribution < -0.4 is 16.0 Å². The molecule has 1 unspecified atom stereocenters. The number of methoxy groups -OCH3 is 1. The number of aromatic nitrogens is 2. The van der Waals surface area contributed by atoms with Gasteiger partial charge in [-0.3, -0.25) is 0 Å². The van der Waals surface area contributed by atoms with Crippen LogP contribution in [0.2, 0.25) is 0 Å². The van der Waals surface area contributed by atoms with E-state index in [0.29, 0.717) is 31.3 Å². The molecule has 3 heterocycles. The van der Waals surface area contributed by atoms with Gasteiger partial charge in [-0.15, -0.1) is 0 Å². The molecular formula is C12H18N6O2. The van der Waals surface area contributed by atoms with Gasteiger partial charge in [0, 0.05) is 39.4 Å². The zero-order valence-electron chi connectivity index (χ0n) is 11.4. The van der Waals surface area contributed by atoms with Crippen LogP contribution in [-0.4, -0.2) is 60.2 Å². The molecule has 0 saturated carbocycles. The van der Waals surface area contributed by atoms with E-state index < -0.39 is 0 Å². The van der Waals surface area contributed by atoms with Gasteiger partial charge in [0.25, 0.3) is 0 Å². The highest BCUT2D eigenvalue weighted by Gasteiger charge is 2.35. The van der Waals surface area contributed by atoms with Gasteiger partial charge in [0.15, 0.2) is 5.82 Å². The van der Waals surface area contributed by atoms with E-state index in [2.05, 4.69) is 20.2 Å². The van der Waals surface area contributed by atoms with Gasteiger partial charge >= 0.3 is 6.03 Å². The number of rotatable bonds is 3. The van der Waals surface area contributed by atoms with E-state index >= 15 is 0 Å². The van der Waals surface area contributed by atoms with Crippen molar-refractivity contribution in [2.24, 2.45) is 0 Å². The van der Waals surface area contributed by atoms with Crippen LogP contribution in [0.3, 0.4) is 0 Å². The zero-order valence-corrected chi connectivity index (χ0v) is 11.4. The van der Waals surface area contributed by atoms with Crippen molar-refractivity contribution < 1.29 is 9.53 Å². The van der Waals surface area contributed by atoms with Crippen molar-refractivity contribution in [1.82, 2.24) is 20.2 Å². The fourth-order valence-corrected chi connectivity index (χ4v) is 2.67. The lowest BCUT2D eigenvalue weighted by molar-refractivity contribution is 0.177. The first kappa shape index (κ1) is 12.9. The summed E-state index contributed by atoms with van der Waals surface area (Å²) in [5, 5.41) is 2.86. The van der Waals surface area contributed by atoms with Crippen molar-refractivity contribution in [1.29, 1.82) is 0 Å². The fourth-order valence-electron chi connectivity index (χ4n) is 2.67. The second-order valence-electron chi connectivity index (χ2n) is 4.98. The minimum absolute atomic E-state index is 0.0249. The maximum atomic E-state index is 11.6. The molecular weight excluding hydrogens is 260 g/mol. The number of urea groups is 1. The standard InChI is InChI=1S/C12H18N6O2/c1-20-7-10-15-9(13)4-11(16-10)17-2-3-18-8(6-17)5-14-12(18)19/h4,8H,2-3,5-7H2,1H3,(H,14,19)(H2,13,15,16). The quantitative estimate of drug-likeness (QED) is 0.768. The first-order chi connectivity index (χ1) is 9.67. The number of hydrogen-bond acceptors (Lipinski definition) is 6. The molecule has 1 atom stereocenters. The zero-order chi connectivity index (χ0) is 14.1. The molecule has 1 aromatic rings. The topological polar surface area (TPSA) is 96.6 Å². The number of nitrogens with zero attached hydrogens (tertiary/aromatic N) is 4. The summed E-state index contributed by atoms with van der Waals surface area (Å²) in [6.45, 7) is 3.21. The molecule has 20 heavy (non-hydrogen) atoms. The van der Waals surface area contributed by atoms with Gasteiger partial charge in [0.1, 0.15) is 18.2 Å². The number of anilines is 2. The average Bonchev–Trinajstić information content (AvgIpc) is 2.80. The summed E-state index contributed by atoms with van der Waals surface area (Å²) in [5.41, 5.74) is 5.82. The molecule has 0 radical (unpaired) electrons. The number of amides is 2. The Morgan fingerprint density at radius 2 is 2.35 bits per heavy atom. The van der Waals surface area contributed by atoms with Crippen LogP contribution in [0.25, 0.3) is 0 Å². The van der Waals surface area contributed by atoms with Gasteiger partial charge in [-0.25, -0.2) is 14.8 Å². The number of nitrogens with two attached hydrogens (primary N) is 1. The summed E-state index contributed by atoms with van der Waals surface area (Å²) < 4.78 is 5.05. The number of hydrogen-bond donors (Lipinski definition) is 2. The Balaban J connectivity index is 1.78. The van der Waals surface area contributed by atoms with Crippen molar-refractivity contribution in [3.05, 3.63) is 11.9 Å². The second kappa shape index (κ2) is 5.12. The third-order valence-corrected chi connectivity index (χ3v) is 3.61. The van der Waals surface area contributed by atoms with Crippen molar-refractivity contribution in [3.8, 4) is 0 Å². The summed E-state index contributed by atoms with van der Waals surface area (Å²) in [6, 6.07) is 1.98. The minimum atomic E-state index is 0.0249. The Morgan fingerprint density at radius 1 is 1.50 bits per heavy atom. The van der Waals surface area contributed by atoms with Crippen molar-refractivity contribution in [2.75, 3.05) is 43.9 Å². The summed E-state index contributed by atoms with van der Waals surface area (Å²) in [5.74, 6) is 1.80. The van der Waals surface area contributed by atoms with Gasteiger partial charge in [0.2, 0.25) is 0 Å². The number of fused-ring (bicyclic) bond motifs is 1. The van der Waals surface area contributed by atoms with Crippen molar-refractivity contribution in [3.63, 3.8) is 0 Å². The van der Waals surface area contributed by atoms with Gasteiger partial charge in [-0.2, -0.15) is 0 Å². The number of nitrogens with one attached hydrogen (secondary N) is 1. The number of nitrogen functional groups attached to an aromatic ring is 1. The van der Waals surface area contributed by atoms with E-state index in [9.17, 15) is 4.79 Å². The lowest BCUT2D eigenvalue weighted by Gasteiger charge is -2.37. The molecule has 108 valence electrons. The molecule has 3 rings (SSSR count). The molecule has 3 N–H and O–H groups in total. The largest absolute Gasteiger partial charge is 0.384 e. The highest BCUT2D eigenvalue weighted by Crippen LogP contribution is 2.21. The second-order valence-corrected chi connectivity index (χ2v) is 4.98. The van der Waals surface area contributed by atoms with E-state index in [1.54, 1.807) is 13.2 Å². The summed E-state index contributed by atoms with van der Waals surface area (Å²) in [7, 11) is 1.60. The molecule has 2 amide bonds. The molecule has 2 saturated heterocycles.